The van der Waals surface area contributed by atoms with Crippen LogP contribution in [0.25, 0.3) is 0 Å². The van der Waals surface area contributed by atoms with E-state index in [0.29, 0.717) is 18.2 Å². The van der Waals surface area contributed by atoms with Crippen molar-refractivity contribution in [3.8, 4) is 6.07 Å². The third kappa shape index (κ3) is 3.12. The first-order valence-electron chi connectivity index (χ1n) is 5.40. The van der Waals surface area contributed by atoms with Crippen LogP contribution in [0.2, 0.25) is 0 Å². The van der Waals surface area contributed by atoms with Gasteiger partial charge in [-0.05, 0) is 19.4 Å². The molecule has 78 valence electrons. The first-order valence-corrected chi connectivity index (χ1v) is 5.40. The lowest BCUT2D eigenvalue weighted by atomic mass is 9.93. The molecular weight excluding hydrogens is 176 g/mol. The number of Topliss-reactive ketones (excluding diaryl/α,β-unsaturated/α-hetero) is 1. The highest BCUT2D eigenvalue weighted by atomic mass is 16.1. The maximum atomic E-state index is 11.1. The van der Waals surface area contributed by atoms with E-state index >= 15 is 0 Å². The fourth-order valence-corrected chi connectivity index (χ4v) is 2.08. The Hall–Kier alpha value is -0.880. The largest absolute Gasteiger partial charge is 0.300 e. The molecule has 3 nitrogen and oxygen atoms in total. The summed E-state index contributed by atoms with van der Waals surface area (Å²) in [5, 5.41) is 8.52. The Morgan fingerprint density at radius 2 is 2.14 bits per heavy atom. The molecule has 0 unspecified atom stereocenters. The van der Waals surface area contributed by atoms with Gasteiger partial charge in [0.05, 0.1) is 6.07 Å². The van der Waals surface area contributed by atoms with E-state index in [4.69, 9.17) is 5.26 Å². The van der Waals surface area contributed by atoms with Crippen molar-refractivity contribution in [2.24, 2.45) is 0 Å². The minimum atomic E-state index is 0.401. The van der Waals surface area contributed by atoms with E-state index in [1.807, 2.05) is 0 Å². The summed E-state index contributed by atoms with van der Waals surface area (Å²) in [5.41, 5.74) is 0. The molecule has 0 N–H and O–H groups in total. The SMILES string of the molecule is CCN(CCC#N)C1CCC(=O)CC1. The summed E-state index contributed by atoms with van der Waals surface area (Å²) in [6.45, 7) is 3.96. The minimum Gasteiger partial charge on any atom is -0.300 e. The Kier molecular flexibility index (Phi) is 4.61. The molecule has 1 aliphatic carbocycles. The van der Waals surface area contributed by atoms with Crippen LogP contribution in [0.3, 0.4) is 0 Å². The van der Waals surface area contributed by atoms with E-state index in [1.165, 1.54) is 0 Å². The van der Waals surface area contributed by atoms with E-state index in [9.17, 15) is 4.79 Å². The predicted octanol–water partition coefficient (Wildman–Crippen LogP) is 1.73. The average Bonchev–Trinajstić information content (AvgIpc) is 2.21. The topological polar surface area (TPSA) is 44.1 Å². The van der Waals surface area contributed by atoms with Crippen LogP contribution in [-0.4, -0.2) is 29.8 Å². The van der Waals surface area contributed by atoms with Gasteiger partial charge in [0.15, 0.2) is 0 Å². The van der Waals surface area contributed by atoms with Gasteiger partial charge in [-0.15, -0.1) is 0 Å². The molecule has 3 heteroatoms. The van der Waals surface area contributed by atoms with Crippen molar-refractivity contribution in [1.82, 2.24) is 4.90 Å². The maximum Gasteiger partial charge on any atom is 0.133 e. The van der Waals surface area contributed by atoms with E-state index in [0.717, 1.165) is 38.8 Å². The third-order valence-corrected chi connectivity index (χ3v) is 2.95. The zero-order valence-electron chi connectivity index (χ0n) is 8.83. The number of nitriles is 1. The first-order chi connectivity index (χ1) is 6.77. The molecule has 1 fully saturated rings. The average molecular weight is 194 g/mol. The monoisotopic (exact) mass is 194 g/mol. The summed E-state index contributed by atoms with van der Waals surface area (Å²) < 4.78 is 0. The van der Waals surface area contributed by atoms with Gasteiger partial charge < -0.3 is 0 Å². The summed E-state index contributed by atoms with van der Waals surface area (Å²) in [6.07, 6.45) is 4.02. The number of hydrogen-bond donors (Lipinski definition) is 0. The highest BCUT2D eigenvalue weighted by Crippen LogP contribution is 2.20. The van der Waals surface area contributed by atoms with Crippen molar-refractivity contribution in [3.05, 3.63) is 0 Å². The molecule has 0 aliphatic heterocycles. The predicted molar refractivity (Wildman–Crippen MR) is 54.7 cm³/mol. The van der Waals surface area contributed by atoms with Crippen LogP contribution < -0.4 is 0 Å². The van der Waals surface area contributed by atoms with Gasteiger partial charge in [-0.3, -0.25) is 9.69 Å². The van der Waals surface area contributed by atoms with Crippen LogP contribution in [-0.2, 0) is 4.79 Å². The molecule has 1 saturated carbocycles. The fourth-order valence-electron chi connectivity index (χ4n) is 2.08. The number of hydrogen-bond acceptors (Lipinski definition) is 3. The summed E-state index contributed by atoms with van der Waals surface area (Å²) in [7, 11) is 0. The lowest BCUT2D eigenvalue weighted by molar-refractivity contribution is -0.121. The normalized spacial score (nSPS) is 18.5. The van der Waals surface area contributed by atoms with Crippen molar-refractivity contribution < 1.29 is 4.79 Å². The molecule has 14 heavy (non-hydrogen) atoms. The van der Waals surface area contributed by atoms with Gasteiger partial charge in [0.1, 0.15) is 5.78 Å². The van der Waals surface area contributed by atoms with Crippen LogP contribution in [0, 0.1) is 11.3 Å². The second-order valence-electron chi connectivity index (χ2n) is 3.81. The van der Waals surface area contributed by atoms with E-state index in [2.05, 4.69) is 17.9 Å². The van der Waals surface area contributed by atoms with Gasteiger partial charge in [0.2, 0.25) is 0 Å². The van der Waals surface area contributed by atoms with Gasteiger partial charge in [0.25, 0.3) is 0 Å². The summed E-state index contributed by atoms with van der Waals surface area (Å²) in [4.78, 5) is 13.4. The number of rotatable bonds is 4. The molecule has 0 radical (unpaired) electrons. The molecule has 0 bridgehead atoms. The smallest absolute Gasteiger partial charge is 0.133 e. The lowest BCUT2D eigenvalue weighted by Crippen LogP contribution is -2.38. The van der Waals surface area contributed by atoms with Crippen molar-refractivity contribution in [3.63, 3.8) is 0 Å². The highest BCUT2D eigenvalue weighted by Gasteiger charge is 2.22. The van der Waals surface area contributed by atoms with Gasteiger partial charge >= 0.3 is 0 Å². The number of carbonyl (C=O) groups excluding carboxylic acids is 1. The van der Waals surface area contributed by atoms with Crippen molar-refractivity contribution in [2.75, 3.05) is 13.1 Å². The Balaban J connectivity index is 2.37. The number of nitrogens with zero attached hydrogens (tertiary/aromatic N) is 2. The van der Waals surface area contributed by atoms with E-state index in [1.54, 1.807) is 0 Å². The molecule has 0 saturated heterocycles. The van der Waals surface area contributed by atoms with Crippen LogP contribution >= 0.6 is 0 Å². The molecule has 1 aliphatic rings. The second-order valence-corrected chi connectivity index (χ2v) is 3.81. The van der Waals surface area contributed by atoms with Crippen LogP contribution in [0.1, 0.15) is 39.0 Å². The van der Waals surface area contributed by atoms with Crippen molar-refractivity contribution >= 4 is 5.78 Å². The van der Waals surface area contributed by atoms with Gasteiger partial charge in [-0.1, -0.05) is 6.92 Å². The van der Waals surface area contributed by atoms with Crippen LogP contribution in [0.4, 0.5) is 0 Å². The Morgan fingerprint density at radius 3 is 2.64 bits per heavy atom. The Bertz CT molecular complexity index is 222. The van der Waals surface area contributed by atoms with Crippen LogP contribution in [0.15, 0.2) is 0 Å². The molecule has 0 aromatic carbocycles. The lowest BCUT2D eigenvalue weighted by Gasteiger charge is -2.32. The minimum absolute atomic E-state index is 0.401. The fraction of sp³-hybridized carbons (Fsp3) is 0.818. The first kappa shape index (κ1) is 11.2. The number of ketones is 1. The second kappa shape index (κ2) is 5.77. The quantitative estimate of drug-likeness (QED) is 0.684. The number of carbonyl (C=O) groups is 1. The van der Waals surface area contributed by atoms with E-state index < -0.39 is 0 Å². The molecule has 1 rings (SSSR count). The summed E-state index contributed by atoms with van der Waals surface area (Å²) in [5.74, 6) is 0.401. The van der Waals surface area contributed by atoms with E-state index in [-0.39, 0.29) is 0 Å². The summed E-state index contributed by atoms with van der Waals surface area (Å²) >= 11 is 0. The highest BCUT2D eigenvalue weighted by molar-refractivity contribution is 5.79. The van der Waals surface area contributed by atoms with Crippen molar-refractivity contribution in [2.45, 2.75) is 45.1 Å². The van der Waals surface area contributed by atoms with Gasteiger partial charge in [-0.25, -0.2) is 0 Å². The van der Waals surface area contributed by atoms with Gasteiger partial charge in [-0.2, -0.15) is 5.26 Å². The molecular formula is C11H18N2O. The molecule has 0 atom stereocenters. The molecule has 0 aromatic rings. The molecule has 0 amide bonds. The Morgan fingerprint density at radius 1 is 1.50 bits per heavy atom. The van der Waals surface area contributed by atoms with Crippen LogP contribution in [0.5, 0.6) is 0 Å². The maximum absolute atomic E-state index is 11.1. The molecule has 0 heterocycles. The van der Waals surface area contributed by atoms with Crippen molar-refractivity contribution in [1.29, 1.82) is 5.26 Å². The third-order valence-electron chi connectivity index (χ3n) is 2.95. The zero-order chi connectivity index (χ0) is 10.4. The van der Waals surface area contributed by atoms with Gasteiger partial charge in [0, 0.05) is 31.8 Å². The molecule has 0 spiro atoms. The summed E-state index contributed by atoms with van der Waals surface area (Å²) in [6, 6.07) is 2.71. The molecule has 0 aromatic heterocycles. The Labute approximate surface area is 85.7 Å². The standard InChI is InChI=1S/C11H18N2O/c1-2-13(9-3-8-12)10-4-6-11(14)7-5-10/h10H,2-7,9H2,1H3. The zero-order valence-corrected chi connectivity index (χ0v) is 8.83.